The molecule has 3 aliphatic rings. The van der Waals surface area contributed by atoms with E-state index in [2.05, 4.69) is 17.0 Å². The van der Waals surface area contributed by atoms with E-state index < -0.39 is 22.1 Å². The molecular weight excluding hydrogens is 576 g/mol. The Kier molecular flexibility index (Phi) is 9.23. The molecule has 2 aromatic rings. The van der Waals surface area contributed by atoms with Crippen LogP contribution in [0, 0.1) is 17.8 Å². The average Bonchev–Trinajstić information content (AvgIpc) is 3.06. The summed E-state index contributed by atoms with van der Waals surface area (Å²) in [6, 6.07) is 11.2. The predicted octanol–water partition coefficient (Wildman–Crippen LogP) is 5.16. The van der Waals surface area contributed by atoms with E-state index in [0.717, 1.165) is 42.8 Å². The van der Waals surface area contributed by atoms with E-state index in [9.17, 15) is 23.4 Å². The van der Waals surface area contributed by atoms with Crippen LogP contribution < -0.4 is 14.8 Å². The normalized spacial score (nSPS) is 25.2. The van der Waals surface area contributed by atoms with E-state index in [-0.39, 0.29) is 34.5 Å². The maximum atomic E-state index is 11.9. The smallest absolute Gasteiger partial charge is 0.335 e. The number of aliphatic hydroxyl groups is 1. The van der Waals surface area contributed by atoms with Gasteiger partial charge in [-0.2, -0.15) is 0 Å². The lowest BCUT2D eigenvalue weighted by atomic mass is 9.68. The second kappa shape index (κ2) is 12.6. The third-order valence-corrected chi connectivity index (χ3v) is 10.7. The van der Waals surface area contributed by atoms with Gasteiger partial charge in [0, 0.05) is 23.5 Å². The highest BCUT2D eigenvalue weighted by atomic mass is 35.5. The Morgan fingerprint density at radius 3 is 2.76 bits per heavy atom. The minimum atomic E-state index is -3.55. The molecule has 1 unspecified atom stereocenters. The van der Waals surface area contributed by atoms with Gasteiger partial charge in [-0.15, -0.1) is 0 Å². The largest absolute Gasteiger partial charge is 0.490 e. The van der Waals surface area contributed by atoms with Gasteiger partial charge in [0.15, 0.2) is 0 Å². The first-order valence-corrected chi connectivity index (χ1v) is 17.0. The molecule has 42 heavy (non-hydrogen) atoms. The highest BCUT2D eigenvalue weighted by molar-refractivity contribution is 7.89. The summed E-state index contributed by atoms with van der Waals surface area (Å²) >= 11 is 6.36. The number of allylic oxidation sites excluding steroid dienone is 1. The van der Waals surface area contributed by atoms with Crippen molar-refractivity contribution in [2.45, 2.75) is 63.4 Å². The molecule has 2 aromatic carbocycles. The number of anilines is 1. The summed E-state index contributed by atoms with van der Waals surface area (Å²) in [5, 5.41) is 26.8. The summed E-state index contributed by atoms with van der Waals surface area (Å²) in [5.41, 5.74) is 3.21. The van der Waals surface area contributed by atoms with Crippen LogP contribution in [-0.4, -0.2) is 56.2 Å². The summed E-state index contributed by atoms with van der Waals surface area (Å²) in [6.45, 7) is 3.78. The lowest BCUT2D eigenvalue weighted by molar-refractivity contribution is 0.0456. The zero-order valence-electron chi connectivity index (χ0n) is 24.0. The van der Waals surface area contributed by atoms with Crippen molar-refractivity contribution in [2.24, 2.45) is 22.9 Å². The summed E-state index contributed by atoms with van der Waals surface area (Å²) in [5.74, 6) is -0.188. The molecule has 4 N–H and O–H groups in total. The quantitative estimate of drug-likeness (QED) is 0.314. The molecule has 1 heterocycles. The number of halogens is 1. The fraction of sp³-hybridized carbons (Fsp3) is 0.531. The zero-order chi connectivity index (χ0) is 30.1. The number of aryl methyl sites for hydroxylation is 1. The first-order chi connectivity index (χ1) is 20.0. The number of sulfonamides is 1. The number of aromatic carboxylic acids is 1. The lowest BCUT2D eigenvalue weighted by Gasteiger charge is -2.45. The number of benzene rings is 2. The standard InChI is InChI=1S/C32H41ClN2O6S/c1-2-21(18-42(34,39)40)5-3-7-29(36)26-11-8-24(26)17-35-19-32(14-4-6-22-15-25(33)10-12-27(22)32)20-41-30-13-9-23(31(37)38)16-28(30)35/h3,7,9-10,12-13,15-16,21,24,26,29,36H,2,4-6,8,11,14,17-20H2,1H3,(H,37,38)(H2,34,39,40)/b7-3+/t21-,24-,26+,29-,32?/m0/s1. The molecule has 1 fully saturated rings. The number of carbonyl (C=O) groups is 1. The van der Waals surface area contributed by atoms with Gasteiger partial charge in [0.25, 0.3) is 0 Å². The topological polar surface area (TPSA) is 130 Å². The molecule has 0 aromatic heterocycles. The van der Waals surface area contributed by atoms with Crippen LogP contribution in [0.2, 0.25) is 5.02 Å². The van der Waals surface area contributed by atoms with Crippen LogP contribution in [0.15, 0.2) is 48.6 Å². The molecule has 1 aliphatic heterocycles. The summed E-state index contributed by atoms with van der Waals surface area (Å²) in [6.07, 6.45) is 9.06. The van der Waals surface area contributed by atoms with Gasteiger partial charge in [-0.05, 0) is 97.7 Å². The molecule has 228 valence electrons. The van der Waals surface area contributed by atoms with Gasteiger partial charge in [-0.1, -0.05) is 43.2 Å². The highest BCUT2D eigenvalue weighted by Crippen LogP contribution is 2.46. The number of carboxylic acid groups (broad SMARTS) is 1. The molecule has 8 nitrogen and oxygen atoms in total. The maximum absolute atomic E-state index is 11.9. The zero-order valence-corrected chi connectivity index (χ0v) is 25.6. The fourth-order valence-corrected chi connectivity index (χ4v) is 8.26. The second-order valence-electron chi connectivity index (χ2n) is 12.4. The molecule has 2 aliphatic carbocycles. The number of fused-ring (bicyclic) bond motifs is 3. The van der Waals surface area contributed by atoms with Gasteiger partial charge in [-0.3, -0.25) is 0 Å². The van der Waals surface area contributed by atoms with Crippen molar-refractivity contribution in [1.29, 1.82) is 0 Å². The van der Waals surface area contributed by atoms with E-state index in [1.165, 1.54) is 11.1 Å². The Bertz CT molecular complexity index is 1450. The van der Waals surface area contributed by atoms with Crippen LogP contribution in [0.1, 0.15) is 66.9 Å². The lowest BCUT2D eigenvalue weighted by Crippen LogP contribution is -2.49. The maximum Gasteiger partial charge on any atom is 0.335 e. The van der Waals surface area contributed by atoms with Crippen LogP contribution >= 0.6 is 11.6 Å². The first kappa shape index (κ1) is 30.9. The Hall–Kier alpha value is -2.59. The molecule has 1 spiro atoms. The van der Waals surface area contributed by atoms with Crippen molar-refractivity contribution >= 4 is 33.3 Å². The number of hydrogen-bond acceptors (Lipinski definition) is 6. The van der Waals surface area contributed by atoms with Gasteiger partial charge in [-0.25, -0.2) is 18.4 Å². The fourth-order valence-electron chi connectivity index (χ4n) is 7.04. The van der Waals surface area contributed by atoms with Gasteiger partial charge in [0.1, 0.15) is 5.75 Å². The number of hydrogen-bond donors (Lipinski definition) is 3. The van der Waals surface area contributed by atoms with Crippen LogP contribution in [0.5, 0.6) is 5.75 Å². The predicted molar refractivity (Wildman–Crippen MR) is 165 cm³/mol. The van der Waals surface area contributed by atoms with E-state index in [0.29, 0.717) is 38.3 Å². The van der Waals surface area contributed by atoms with Gasteiger partial charge in [0.2, 0.25) is 10.0 Å². The minimum absolute atomic E-state index is 0.0586. The van der Waals surface area contributed by atoms with Crippen LogP contribution in [0.25, 0.3) is 0 Å². The van der Waals surface area contributed by atoms with Gasteiger partial charge in [0.05, 0.1) is 29.7 Å². The average molecular weight is 617 g/mol. The summed E-state index contributed by atoms with van der Waals surface area (Å²) in [7, 11) is -3.55. The summed E-state index contributed by atoms with van der Waals surface area (Å²) in [4.78, 5) is 14.2. The number of aliphatic hydroxyl groups excluding tert-OH is 1. The Morgan fingerprint density at radius 2 is 2.07 bits per heavy atom. The van der Waals surface area contributed by atoms with Crippen molar-refractivity contribution in [3.8, 4) is 5.75 Å². The van der Waals surface area contributed by atoms with E-state index >= 15 is 0 Å². The van der Waals surface area contributed by atoms with Crippen LogP contribution in [-0.2, 0) is 21.9 Å². The van der Waals surface area contributed by atoms with Crippen molar-refractivity contribution in [3.63, 3.8) is 0 Å². The second-order valence-corrected chi connectivity index (χ2v) is 14.4. The third-order valence-electron chi connectivity index (χ3n) is 9.50. The van der Waals surface area contributed by atoms with Crippen molar-refractivity contribution in [2.75, 3.05) is 30.3 Å². The van der Waals surface area contributed by atoms with Crippen LogP contribution in [0.3, 0.4) is 0 Å². The molecule has 5 atom stereocenters. The molecule has 0 amide bonds. The molecule has 10 heteroatoms. The van der Waals surface area contributed by atoms with Crippen LogP contribution in [0.4, 0.5) is 5.69 Å². The molecular formula is C32H41ClN2O6S. The van der Waals surface area contributed by atoms with Crippen molar-refractivity contribution in [3.05, 3.63) is 70.3 Å². The third kappa shape index (κ3) is 6.80. The molecule has 5 rings (SSSR count). The number of rotatable bonds is 10. The minimum Gasteiger partial charge on any atom is -0.490 e. The van der Waals surface area contributed by atoms with E-state index in [1.54, 1.807) is 24.3 Å². The number of nitrogens with two attached hydrogens (primary N) is 1. The Labute approximate surface area is 253 Å². The molecule has 0 saturated heterocycles. The number of carboxylic acids is 1. The number of primary sulfonamides is 1. The SMILES string of the molecule is CC[C@@H](C/C=C/[C@H](O)[C@@H]1CC[C@H]1CN1CC2(CCCc3cc(Cl)ccc32)COc2ccc(C(=O)O)cc21)CS(N)(=O)=O. The highest BCUT2D eigenvalue weighted by Gasteiger charge is 2.44. The molecule has 0 bridgehead atoms. The Morgan fingerprint density at radius 1 is 1.26 bits per heavy atom. The van der Waals surface area contributed by atoms with Crippen molar-refractivity contribution in [1.82, 2.24) is 0 Å². The molecule has 0 radical (unpaired) electrons. The Balaban J connectivity index is 1.38. The van der Waals surface area contributed by atoms with Gasteiger partial charge < -0.3 is 19.8 Å². The van der Waals surface area contributed by atoms with E-state index in [1.807, 2.05) is 19.1 Å². The monoisotopic (exact) mass is 616 g/mol. The van der Waals surface area contributed by atoms with E-state index in [4.69, 9.17) is 21.5 Å². The molecule has 1 saturated carbocycles. The van der Waals surface area contributed by atoms with Gasteiger partial charge >= 0.3 is 5.97 Å². The van der Waals surface area contributed by atoms with Crippen molar-refractivity contribution < 1.29 is 28.2 Å². The summed E-state index contributed by atoms with van der Waals surface area (Å²) < 4.78 is 29.5. The first-order valence-electron chi connectivity index (χ1n) is 14.9. The number of ether oxygens (including phenoxy) is 1. The number of nitrogens with zero attached hydrogens (tertiary/aromatic N) is 1.